The topological polar surface area (TPSA) is 77.2 Å². The van der Waals surface area contributed by atoms with Gasteiger partial charge in [0, 0.05) is 19.8 Å². The molecule has 0 amide bonds. The van der Waals surface area contributed by atoms with Gasteiger partial charge in [-0.1, -0.05) is 0 Å². The third-order valence-electron chi connectivity index (χ3n) is 2.65. The molecule has 0 fully saturated rings. The Morgan fingerprint density at radius 2 is 2.28 bits per heavy atom. The predicted molar refractivity (Wildman–Crippen MR) is 65.5 cm³/mol. The zero-order chi connectivity index (χ0) is 13.5. The lowest BCUT2D eigenvalue weighted by Gasteiger charge is -2.19. The fourth-order valence-corrected chi connectivity index (χ4v) is 1.74. The first-order chi connectivity index (χ1) is 8.63. The molecule has 0 bridgehead atoms. The summed E-state index contributed by atoms with van der Waals surface area (Å²) < 4.78 is 5.19. The summed E-state index contributed by atoms with van der Waals surface area (Å²) in [6.07, 6.45) is 2.89. The molecule has 6 heteroatoms. The number of likely N-dealkylation sites (N-methyl/N-ethyl adjacent to an activating group) is 1. The van der Waals surface area contributed by atoms with E-state index in [0.717, 1.165) is 18.9 Å². The van der Waals surface area contributed by atoms with Crippen molar-refractivity contribution in [1.29, 1.82) is 0 Å². The summed E-state index contributed by atoms with van der Waals surface area (Å²) in [5.41, 5.74) is 0.881. The fraction of sp³-hybridized carbons (Fsp3) is 0.417. The molecule has 0 spiro atoms. The van der Waals surface area contributed by atoms with E-state index in [1.807, 2.05) is 18.1 Å². The van der Waals surface area contributed by atoms with Gasteiger partial charge in [-0.25, -0.2) is 0 Å². The SMILES string of the molecule is CCN1C=C(C(O)c2ccco2)N(C)C1.O=CO. The zero-order valence-corrected chi connectivity index (χ0v) is 10.5. The van der Waals surface area contributed by atoms with E-state index in [4.69, 9.17) is 14.3 Å². The minimum absolute atomic E-state index is 0.250. The monoisotopic (exact) mass is 254 g/mol. The second-order valence-corrected chi connectivity index (χ2v) is 3.82. The number of hydrogen-bond donors (Lipinski definition) is 2. The van der Waals surface area contributed by atoms with Crippen molar-refractivity contribution in [1.82, 2.24) is 9.80 Å². The van der Waals surface area contributed by atoms with Crippen molar-refractivity contribution in [3.8, 4) is 0 Å². The average molecular weight is 254 g/mol. The average Bonchev–Trinajstić information content (AvgIpc) is 2.98. The molecule has 0 aromatic carbocycles. The van der Waals surface area contributed by atoms with E-state index >= 15 is 0 Å². The van der Waals surface area contributed by atoms with Crippen LogP contribution < -0.4 is 0 Å². The Hall–Kier alpha value is -1.95. The highest BCUT2D eigenvalue weighted by atomic mass is 16.4. The van der Waals surface area contributed by atoms with Gasteiger partial charge in [0.2, 0.25) is 0 Å². The molecular formula is C12H18N2O4. The van der Waals surface area contributed by atoms with Crippen LogP contribution in [0.15, 0.2) is 34.7 Å². The number of hydrogen-bond acceptors (Lipinski definition) is 5. The van der Waals surface area contributed by atoms with Crippen LogP contribution in [0.1, 0.15) is 18.8 Å². The van der Waals surface area contributed by atoms with Gasteiger partial charge in [-0.05, 0) is 19.1 Å². The van der Waals surface area contributed by atoms with Gasteiger partial charge in [-0.2, -0.15) is 0 Å². The molecule has 6 nitrogen and oxygen atoms in total. The lowest BCUT2D eigenvalue weighted by Crippen LogP contribution is -2.24. The van der Waals surface area contributed by atoms with Crippen LogP contribution in [0, 0.1) is 0 Å². The maximum Gasteiger partial charge on any atom is 0.290 e. The van der Waals surface area contributed by atoms with Crippen LogP contribution in [0.5, 0.6) is 0 Å². The largest absolute Gasteiger partial charge is 0.483 e. The number of aliphatic hydroxyl groups excluding tert-OH is 1. The number of furan rings is 1. The lowest BCUT2D eigenvalue weighted by molar-refractivity contribution is -0.122. The van der Waals surface area contributed by atoms with Crippen LogP contribution >= 0.6 is 0 Å². The molecule has 1 atom stereocenters. The van der Waals surface area contributed by atoms with Crippen molar-refractivity contribution in [3.05, 3.63) is 36.1 Å². The number of carboxylic acid groups (broad SMARTS) is 1. The second kappa shape index (κ2) is 6.70. The number of carbonyl (C=O) groups is 1. The van der Waals surface area contributed by atoms with Gasteiger partial charge in [0.1, 0.15) is 5.76 Å². The summed E-state index contributed by atoms with van der Waals surface area (Å²) >= 11 is 0. The highest BCUT2D eigenvalue weighted by Gasteiger charge is 2.25. The highest BCUT2D eigenvalue weighted by Crippen LogP contribution is 2.27. The van der Waals surface area contributed by atoms with Gasteiger partial charge in [0.15, 0.2) is 6.10 Å². The maximum atomic E-state index is 10.1. The van der Waals surface area contributed by atoms with E-state index in [2.05, 4.69) is 11.8 Å². The third kappa shape index (κ3) is 3.27. The minimum Gasteiger partial charge on any atom is -0.483 e. The highest BCUT2D eigenvalue weighted by molar-refractivity contribution is 5.32. The van der Waals surface area contributed by atoms with Crippen LogP contribution in [0.3, 0.4) is 0 Å². The van der Waals surface area contributed by atoms with Crippen LogP contribution in [-0.2, 0) is 4.79 Å². The Bertz CT molecular complexity index is 389. The molecule has 1 aliphatic heterocycles. The molecule has 18 heavy (non-hydrogen) atoms. The molecule has 2 rings (SSSR count). The standard InChI is InChI=1S/C11H16N2O2.CH2O2/c1-3-13-7-9(12(2)8-13)11(14)10-5-4-6-15-10;2-1-3/h4-7,11,14H,3,8H2,1-2H3;1H,(H,2,3). The van der Waals surface area contributed by atoms with Crippen LogP contribution in [-0.4, -0.2) is 46.7 Å². The Kier molecular flexibility index (Phi) is 5.26. The fourth-order valence-electron chi connectivity index (χ4n) is 1.74. The van der Waals surface area contributed by atoms with E-state index in [1.54, 1.807) is 18.4 Å². The molecule has 2 N–H and O–H groups in total. The Labute approximate surface area is 106 Å². The summed E-state index contributed by atoms with van der Waals surface area (Å²) in [5, 5.41) is 17.0. The first-order valence-electron chi connectivity index (χ1n) is 5.60. The Balaban J connectivity index is 0.000000492. The summed E-state index contributed by atoms with van der Waals surface area (Å²) in [5.74, 6) is 0.589. The van der Waals surface area contributed by atoms with E-state index in [0.29, 0.717) is 5.76 Å². The molecular weight excluding hydrogens is 236 g/mol. The van der Waals surface area contributed by atoms with E-state index in [1.165, 1.54) is 0 Å². The van der Waals surface area contributed by atoms with Gasteiger partial charge >= 0.3 is 0 Å². The lowest BCUT2D eigenvalue weighted by atomic mass is 10.2. The molecule has 100 valence electrons. The number of nitrogens with zero attached hydrogens (tertiary/aromatic N) is 2. The summed E-state index contributed by atoms with van der Waals surface area (Å²) in [6, 6.07) is 3.57. The van der Waals surface area contributed by atoms with Crippen molar-refractivity contribution in [2.75, 3.05) is 20.3 Å². The summed E-state index contributed by atoms with van der Waals surface area (Å²) in [6.45, 7) is 3.61. The van der Waals surface area contributed by atoms with Crippen LogP contribution in [0.4, 0.5) is 0 Å². The van der Waals surface area contributed by atoms with E-state index < -0.39 is 6.10 Å². The van der Waals surface area contributed by atoms with Gasteiger partial charge in [0.05, 0.1) is 18.6 Å². The molecule has 0 saturated carbocycles. The zero-order valence-electron chi connectivity index (χ0n) is 10.5. The molecule has 1 aliphatic rings. The second-order valence-electron chi connectivity index (χ2n) is 3.82. The molecule has 2 heterocycles. The molecule has 0 radical (unpaired) electrons. The summed E-state index contributed by atoms with van der Waals surface area (Å²) in [7, 11) is 1.97. The third-order valence-corrected chi connectivity index (χ3v) is 2.65. The van der Waals surface area contributed by atoms with Crippen molar-refractivity contribution in [2.45, 2.75) is 13.0 Å². The van der Waals surface area contributed by atoms with E-state index in [9.17, 15) is 5.11 Å². The number of aliphatic hydroxyl groups is 1. The van der Waals surface area contributed by atoms with Crippen molar-refractivity contribution in [2.24, 2.45) is 0 Å². The molecule has 0 saturated heterocycles. The van der Waals surface area contributed by atoms with Crippen molar-refractivity contribution < 1.29 is 19.4 Å². The maximum absolute atomic E-state index is 10.1. The quantitative estimate of drug-likeness (QED) is 0.786. The predicted octanol–water partition coefficient (Wildman–Crippen LogP) is 1.08. The van der Waals surface area contributed by atoms with Gasteiger partial charge < -0.3 is 24.4 Å². The van der Waals surface area contributed by atoms with Gasteiger partial charge in [0.25, 0.3) is 6.47 Å². The molecule has 1 unspecified atom stereocenters. The Morgan fingerprint density at radius 1 is 1.61 bits per heavy atom. The Morgan fingerprint density at radius 3 is 2.72 bits per heavy atom. The first kappa shape index (κ1) is 14.1. The van der Waals surface area contributed by atoms with Crippen LogP contribution in [0.2, 0.25) is 0 Å². The molecule has 1 aromatic heterocycles. The summed E-state index contributed by atoms with van der Waals surface area (Å²) in [4.78, 5) is 12.5. The van der Waals surface area contributed by atoms with E-state index in [-0.39, 0.29) is 6.47 Å². The van der Waals surface area contributed by atoms with Crippen molar-refractivity contribution >= 4 is 6.47 Å². The minimum atomic E-state index is -0.665. The van der Waals surface area contributed by atoms with Crippen molar-refractivity contribution in [3.63, 3.8) is 0 Å². The molecule has 0 aliphatic carbocycles. The normalized spacial score (nSPS) is 15.8. The van der Waals surface area contributed by atoms with Gasteiger partial charge in [-0.3, -0.25) is 4.79 Å². The smallest absolute Gasteiger partial charge is 0.290 e. The van der Waals surface area contributed by atoms with Crippen LogP contribution in [0.25, 0.3) is 0 Å². The first-order valence-corrected chi connectivity index (χ1v) is 5.60. The van der Waals surface area contributed by atoms with Gasteiger partial charge in [-0.15, -0.1) is 0 Å². The molecule has 1 aromatic rings. The number of rotatable bonds is 3.